The van der Waals surface area contributed by atoms with E-state index in [9.17, 15) is 4.79 Å². The van der Waals surface area contributed by atoms with Crippen molar-refractivity contribution in [1.82, 2.24) is 10.2 Å². The summed E-state index contributed by atoms with van der Waals surface area (Å²) in [6.45, 7) is 3.90. The van der Waals surface area contributed by atoms with Gasteiger partial charge in [0.05, 0.1) is 14.2 Å². The van der Waals surface area contributed by atoms with Crippen molar-refractivity contribution in [3.63, 3.8) is 0 Å². The van der Waals surface area contributed by atoms with Gasteiger partial charge in [-0.2, -0.15) is 0 Å². The number of hydrogen-bond donors (Lipinski definition) is 1. The molecule has 2 aromatic carbocycles. The summed E-state index contributed by atoms with van der Waals surface area (Å²) in [6, 6.07) is 13.8. The van der Waals surface area contributed by atoms with Crippen LogP contribution >= 0.6 is 0 Å². The smallest absolute Gasteiger partial charge is 0.251 e. The van der Waals surface area contributed by atoms with Gasteiger partial charge < -0.3 is 14.8 Å². The Morgan fingerprint density at radius 3 is 2.21 bits per heavy atom. The summed E-state index contributed by atoms with van der Waals surface area (Å²) in [5.74, 6) is 1.38. The van der Waals surface area contributed by atoms with Crippen LogP contribution in [0.25, 0.3) is 0 Å². The minimum absolute atomic E-state index is 0.0354. The Labute approximate surface area is 174 Å². The van der Waals surface area contributed by atoms with Crippen molar-refractivity contribution >= 4 is 5.91 Å². The summed E-state index contributed by atoms with van der Waals surface area (Å²) >= 11 is 0. The minimum Gasteiger partial charge on any atom is -0.493 e. The Kier molecular flexibility index (Phi) is 7.94. The molecular weight excluding hydrogens is 364 g/mol. The molecule has 5 heteroatoms. The van der Waals surface area contributed by atoms with Gasteiger partial charge in [0.15, 0.2) is 11.5 Å². The molecule has 2 aromatic rings. The maximum absolute atomic E-state index is 12.4. The van der Waals surface area contributed by atoms with E-state index in [4.69, 9.17) is 9.47 Å². The van der Waals surface area contributed by atoms with Crippen LogP contribution in [0.3, 0.4) is 0 Å². The van der Waals surface area contributed by atoms with Crippen molar-refractivity contribution in [3.8, 4) is 11.5 Å². The van der Waals surface area contributed by atoms with Crippen LogP contribution < -0.4 is 14.8 Å². The van der Waals surface area contributed by atoms with E-state index < -0.39 is 0 Å². The van der Waals surface area contributed by atoms with Crippen molar-refractivity contribution in [2.24, 2.45) is 0 Å². The fourth-order valence-corrected chi connectivity index (χ4v) is 3.77. The van der Waals surface area contributed by atoms with Gasteiger partial charge in [0.25, 0.3) is 5.91 Å². The van der Waals surface area contributed by atoms with Crippen LogP contribution in [-0.2, 0) is 13.0 Å². The molecule has 156 valence electrons. The van der Waals surface area contributed by atoms with Gasteiger partial charge in [0, 0.05) is 18.7 Å². The largest absolute Gasteiger partial charge is 0.493 e. The number of hydrogen-bond acceptors (Lipinski definition) is 4. The molecule has 1 amide bonds. The Balaban J connectivity index is 1.48. The number of nitrogens with one attached hydrogen (secondary N) is 1. The number of nitrogens with zero attached hydrogens (tertiary/aromatic N) is 1. The summed E-state index contributed by atoms with van der Waals surface area (Å²) in [5, 5.41) is 3.00. The van der Waals surface area contributed by atoms with E-state index in [0.717, 1.165) is 18.5 Å². The van der Waals surface area contributed by atoms with Crippen LogP contribution in [0.15, 0.2) is 42.5 Å². The zero-order valence-corrected chi connectivity index (χ0v) is 17.6. The summed E-state index contributed by atoms with van der Waals surface area (Å²) in [5.41, 5.74) is 3.07. The lowest BCUT2D eigenvalue weighted by molar-refractivity contribution is 0.0954. The molecule has 1 fully saturated rings. The zero-order chi connectivity index (χ0) is 20.5. The SMILES string of the molecule is COc1ccc(CCNC(=O)c2ccc(CN3CCCCCC3)cc2)cc1OC. The molecule has 3 rings (SSSR count). The van der Waals surface area contributed by atoms with Crippen LogP contribution in [0.2, 0.25) is 0 Å². The molecule has 0 radical (unpaired) electrons. The first-order chi connectivity index (χ1) is 14.2. The molecule has 1 saturated heterocycles. The molecule has 1 aliphatic rings. The normalized spacial score (nSPS) is 14.8. The quantitative estimate of drug-likeness (QED) is 0.731. The number of carbonyl (C=O) groups is 1. The number of likely N-dealkylation sites (tertiary alicyclic amines) is 1. The van der Waals surface area contributed by atoms with Gasteiger partial charge >= 0.3 is 0 Å². The van der Waals surface area contributed by atoms with E-state index in [1.54, 1.807) is 14.2 Å². The van der Waals surface area contributed by atoms with Gasteiger partial charge in [-0.1, -0.05) is 31.0 Å². The Bertz CT molecular complexity index is 781. The third kappa shape index (κ3) is 6.23. The van der Waals surface area contributed by atoms with E-state index in [0.29, 0.717) is 23.6 Å². The maximum atomic E-state index is 12.4. The minimum atomic E-state index is -0.0354. The van der Waals surface area contributed by atoms with Crippen molar-refractivity contribution in [3.05, 3.63) is 59.2 Å². The van der Waals surface area contributed by atoms with Gasteiger partial charge in [0.1, 0.15) is 0 Å². The van der Waals surface area contributed by atoms with Crippen molar-refractivity contribution < 1.29 is 14.3 Å². The molecule has 1 N–H and O–H groups in total. The molecule has 5 nitrogen and oxygen atoms in total. The number of ether oxygens (including phenoxy) is 2. The van der Waals surface area contributed by atoms with Gasteiger partial charge in [-0.15, -0.1) is 0 Å². The predicted molar refractivity (Wildman–Crippen MR) is 116 cm³/mol. The van der Waals surface area contributed by atoms with Gasteiger partial charge in [-0.25, -0.2) is 0 Å². The summed E-state index contributed by atoms with van der Waals surface area (Å²) in [4.78, 5) is 15.0. The molecule has 0 spiro atoms. The number of carbonyl (C=O) groups excluding carboxylic acids is 1. The van der Waals surface area contributed by atoms with Crippen molar-refractivity contribution in [1.29, 1.82) is 0 Å². The van der Waals surface area contributed by atoms with Gasteiger partial charge in [-0.05, 0) is 67.7 Å². The van der Waals surface area contributed by atoms with E-state index in [2.05, 4.69) is 22.3 Å². The molecular formula is C24H32N2O3. The molecule has 0 aliphatic carbocycles. The van der Waals surface area contributed by atoms with Gasteiger partial charge in [-0.3, -0.25) is 9.69 Å². The first-order valence-electron chi connectivity index (χ1n) is 10.5. The highest BCUT2D eigenvalue weighted by atomic mass is 16.5. The maximum Gasteiger partial charge on any atom is 0.251 e. The fraction of sp³-hybridized carbons (Fsp3) is 0.458. The highest BCUT2D eigenvalue weighted by Gasteiger charge is 2.11. The second kappa shape index (κ2) is 10.9. The Morgan fingerprint density at radius 2 is 1.55 bits per heavy atom. The van der Waals surface area contributed by atoms with Crippen molar-refractivity contribution in [2.45, 2.75) is 38.6 Å². The molecule has 29 heavy (non-hydrogen) atoms. The summed E-state index contributed by atoms with van der Waals surface area (Å²) < 4.78 is 10.6. The van der Waals surface area contributed by atoms with E-state index in [1.165, 1.54) is 44.3 Å². The molecule has 0 unspecified atom stereocenters. The van der Waals surface area contributed by atoms with Crippen LogP contribution in [-0.4, -0.2) is 44.7 Å². The van der Waals surface area contributed by atoms with Crippen LogP contribution in [0.5, 0.6) is 11.5 Å². The lowest BCUT2D eigenvalue weighted by Crippen LogP contribution is -2.26. The molecule has 0 saturated carbocycles. The summed E-state index contributed by atoms with van der Waals surface area (Å²) in [7, 11) is 3.25. The van der Waals surface area contributed by atoms with E-state index >= 15 is 0 Å². The van der Waals surface area contributed by atoms with Crippen LogP contribution in [0.1, 0.15) is 47.2 Å². The predicted octanol–water partition coefficient (Wildman–Crippen LogP) is 4.05. The molecule has 0 atom stereocenters. The lowest BCUT2D eigenvalue weighted by Gasteiger charge is -2.19. The fourth-order valence-electron chi connectivity index (χ4n) is 3.77. The highest BCUT2D eigenvalue weighted by Crippen LogP contribution is 2.27. The first kappa shape index (κ1) is 21.2. The third-order valence-corrected chi connectivity index (χ3v) is 5.47. The molecule has 0 bridgehead atoms. The average Bonchev–Trinajstić information content (AvgIpc) is 3.02. The Hall–Kier alpha value is -2.53. The lowest BCUT2D eigenvalue weighted by atomic mass is 10.1. The standard InChI is InChI=1S/C24H32N2O3/c1-28-22-12-9-19(17-23(22)29-2)13-14-25-24(27)21-10-7-20(8-11-21)18-26-15-5-3-4-6-16-26/h7-12,17H,3-6,13-16,18H2,1-2H3,(H,25,27). The second-order valence-corrected chi connectivity index (χ2v) is 7.58. The van der Waals surface area contributed by atoms with Gasteiger partial charge in [0.2, 0.25) is 0 Å². The average molecular weight is 397 g/mol. The topological polar surface area (TPSA) is 50.8 Å². The van der Waals surface area contributed by atoms with Crippen LogP contribution in [0, 0.1) is 0 Å². The highest BCUT2D eigenvalue weighted by molar-refractivity contribution is 5.94. The second-order valence-electron chi connectivity index (χ2n) is 7.58. The first-order valence-corrected chi connectivity index (χ1v) is 10.5. The molecule has 0 aromatic heterocycles. The molecule has 1 aliphatic heterocycles. The van der Waals surface area contributed by atoms with Crippen LogP contribution in [0.4, 0.5) is 0 Å². The molecule has 1 heterocycles. The zero-order valence-electron chi connectivity index (χ0n) is 17.6. The van der Waals surface area contributed by atoms with E-state index in [-0.39, 0.29) is 5.91 Å². The summed E-state index contributed by atoms with van der Waals surface area (Å²) in [6.07, 6.45) is 6.01. The van der Waals surface area contributed by atoms with Crippen molar-refractivity contribution in [2.75, 3.05) is 33.9 Å². The number of benzene rings is 2. The third-order valence-electron chi connectivity index (χ3n) is 5.47. The van der Waals surface area contributed by atoms with E-state index in [1.807, 2.05) is 30.3 Å². The number of methoxy groups -OCH3 is 2. The monoisotopic (exact) mass is 396 g/mol. The number of amides is 1. The number of rotatable bonds is 8. The Morgan fingerprint density at radius 1 is 0.897 bits per heavy atom.